The maximum atomic E-state index is 13.2. The van der Waals surface area contributed by atoms with Gasteiger partial charge >= 0.3 is 14.5 Å². The van der Waals surface area contributed by atoms with Gasteiger partial charge in [-0.05, 0) is 18.2 Å². The molecule has 0 aromatic heterocycles. The second-order valence-electron chi connectivity index (χ2n) is 7.13. The van der Waals surface area contributed by atoms with Gasteiger partial charge in [-0.3, -0.25) is 5.50 Å². The van der Waals surface area contributed by atoms with Crippen molar-refractivity contribution in [3.8, 4) is 23.0 Å². The van der Waals surface area contributed by atoms with E-state index in [1.54, 1.807) is 0 Å². The van der Waals surface area contributed by atoms with Gasteiger partial charge in [-0.2, -0.15) is 0 Å². The zero-order valence-corrected chi connectivity index (χ0v) is 21.6. The van der Waals surface area contributed by atoms with Crippen LogP contribution < -0.4 is 14.8 Å². The minimum Gasteiger partial charge on any atom is -0.506 e. The van der Waals surface area contributed by atoms with Gasteiger partial charge in [0, 0.05) is 17.2 Å². The number of rotatable bonds is 2. The summed E-state index contributed by atoms with van der Waals surface area (Å²) in [4.78, 5) is 22.7. The highest BCUT2D eigenvalue weighted by Gasteiger charge is 2.58. The molecule has 0 fully saturated rings. The Morgan fingerprint density at radius 1 is 0.941 bits per heavy atom. The summed E-state index contributed by atoms with van der Waals surface area (Å²) < 4.78 is 17.1. The monoisotopic (exact) mass is 599 g/mol. The molecular formula is C20H8Cl6NO6P. The molecule has 4 N–H and O–H groups in total. The summed E-state index contributed by atoms with van der Waals surface area (Å²) in [7, 11) is -2.29. The Labute approximate surface area is 222 Å². The number of hydrogen-bond acceptors (Lipinski definition) is 7. The standard InChI is InChI=1S/C20H8Cl6NO6P/c21-7-3-5(33-34(27)30)4-9-11(7)20(6-1-2-8(28)13(22)18(6)31-9)12-10(19(29)32-20)14(23)16(25)17(26)15(12)24/h1-4,28,30H,27H2. The first kappa shape index (κ1) is 24.3. The summed E-state index contributed by atoms with van der Waals surface area (Å²) in [5, 5.41) is 9.49. The number of nitrogens with two attached hydrogens (primary N) is 1. The summed E-state index contributed by atoms with van der Waals surface area (Å²) in [6.45, 7) is 0. The largest absolute Gasteiger partial charge is 0.506 e. The van der Waals surface area contributed by atoms with Crippen molar-refractivity contribution in [1.29, 1.82) is 0 Å². The van der Waals surface area contributed by atoms with Crippen LogP contribution in [0.2, 0.25) is 30.1 Å². The Balaban J connectivity index is 1.95. The number of halogens is 6. The minimum absolute atomic E-state index is 0.00175. The van der Waals surface area contributed by atoms with E-state index in [2.05, 4.69) is 0 Å². The molecule has 5 rings (SSSR count). The van der Waals surface area contributed by atoms with E-state index in [-0.39, 0.29) is 75.4 Å². The van der Waals surface area contributed by atoms with Gasteiger partial charge in [-0.15, -0.1) is 0 Å². The fourth-order valence-corrected chi connectivity index (χ4v) is 5.99. The van der Waals surface area contributed by atoms with Crippen LogP contribution in [0.5, 0.6) is 23.0 Å². The number of phenolic OH excluding ortho intramolecular Hbond substituents is 1. The molecule has 34 heavy (non-hydrogen) atoms. The van der Waals surface area contributed by atoms with E-state index < -0.39 is 20.1 Å². The van der Waals surface area contributed by atoms with E-state index in [1.807, 2.05) is 0 Å². The van der Waals surface area contributed by atoms with Crippen LogP contribution in [-0.2, 0) is 10.3 Å². The van der Waals surface area contributed by atoms with Crippen molar-refractivity contribution < 1.29 is 28.8 Å². The van der Waals surface area contributed by atoms with Crippen LogP contribution in [0.25, 0.3) is 0 Å². The quantitative estimate of drug-likeness (QED) is 0.121. The molecule has 0 aliphatic carbocycles. The van der Waals surface area contributed by atoms with Crippen molar-refractivity contribution in [3.05, 3.63) is 76.7 Å². The third-order valence-corrected chi connectivity index (χ3v) is 8.18. The lowest BCUT2D eigenvalue weighted by molar-refractivity contribution is 0.0225. The molecule has 14 heteroatoms. The molecule has 2 aliphatic heterocycles. The number of benzene rings is 3. The smallest absolute Gasteiger partial charge is 0.341 e. The lowest BCUT2D eigenvalue weighted by atomic mass is 9.77. The molecular weight excluding hydrogens is 594 g/mol. The predicted octanol–water partition coefficient (Wildman–Crippen LogP) is 7.44. The number of carbonyl (C=O) groups is 1. The summed E-state index contributed by atoms with van der Waals surface area (Å²) >= 11 is 38.5. The van der Waals surface area contributed by atoms with Crippen LogP contribution in [0.3, 0.4) is 0 Å². The number of fused-ring (bicyclic) bond motifs is 6. The van der Waals surface area contributed by atoms with Gasteiger partial charge in [0.2, 0.25) is 0 Å². The lowest BCUT2D eigenvalue weighted by Gasteiger charge is -2.38. The van der Waals surface area contributed by atoms with Crippen LogP contribution in [0, 0.1) is 0 Å². The molecule has 0 amide bonds. The average molecular weight is 602 g/mol. The Hall–Kier alpha value is -1.38. The third kappa shape index (κ3) is 3.27. The molecule has 0 saturated carbocycles. The molecule has 3 aromatic carbocycles. The highest BCUT2D eigenvalue weighted by Crippen LogP contribution is 2.63. The third-order valence-electron chi connectivity index (χ3n) is 5.32. The molecule has 176 valence electrons. The fraction of sp³-hybridized carbons (Fsp3) is 0.0500. The van der Waals surface area contributed by atoms with Crippen LogP contribution in [0.1, 0.15) is 27.0 Å². The van der Waals surface area contributed by atoms with Crippen molar-refractivity contribution in [1.82, 2.24) is 0 Å². The Kier molecular flexibility index (Phi) is 5.97. The van der Waals surface area contributed by atoms with E-state index in [0.717, 1.165) is 0 Å². The molecule has 2 aliphatic rings. The predicted molar refractivity (Wildman–Crippen MR) is 130 cm³/mol. The Bertz CT molecular complexity index is 1430. The van der Waals surface area contributed by atoms with Gasteiger partial charge in [0.25, 0.3) is 0 Å². The van der Waals surface area contributed by atoms with E-state index in [1.165, 1.54) is 24.3 Å². The second-order valence-corrected chi connectivity index (χ2v) is 10.2. The van der Waals surface area contributed by atoms with Gasteiger partial charge in [0.05, 0.1) is 36.2 Å². The van der Waals surface area contributed by atoms with Crippen molar-refractivity contribution in [3.63, 3.8) is 0 Å². The zero-order chi connectivity index (χ0) is 24.7. The number of hydrogen-bond donors (Lipinski definition) is 3. The van der Waals surface area contributed by atoms with Crippen molar-refractivity contribution >= 4 is 84.1 Å². The van der Waals surface area contributed by atoms with Gasteiger partial charge in [0.1, 0.15) is 22.3 Å². The average Bonchev–Trinajstić information content (AvgIpc) is 3.05. The first-order valence-corrected chi connectivity index (χ1v) is 12.6. The molecule has 3 aromatic rings. The molecule has 7 nitrogen and oxygen atoms in total. The molecule has 2 heterocycles. The number of carbonyl (C=O) groups excluding carboxylic acids is 1. The first-order chi connectivity index (χ1) is 16.0. The highest BCUT2D eigenvalue weighted by molar-refractivity contribution is 7.43. The number of ether oxygens (including phenoxy) is 2. The van der Waals surface area contributed by atoms with Gasteiger partial charge in [-0.1, -0.05) is 69.6 Å². The summed E-state index contributed by atoms with van der Waals surface area (Å²) in [6, 6.07) is 5.41. The van der Waals surface area contributed by atoms with Crippen LogP contribution >= 0.6 is 78.1 Å². The number of aromatic hydroxyl groups is 1. The van der Waals surface area contributed by atoms with E-state index in [0.29, 0.717) is 0 Å². The molecule has 0 radical (unpaired) electrons. The maximum absolute atomic E-state index is 13.2. The Morgan fingerprint density at radius 3 is 2.29 bits per heavy atom. The molecule has 2 unspecified atom stereocenters. The topological polar surface area (TPSA) is 111 Å². The van der Waals surface area contributed by atoms with Crippen LogP contribution in [-0.4, -0.2) is 16.0 Å². The lowest BCUT2D eigenvalue weighted by Crippen LogP contribution is -2.34. The summed E-state index contributed by atoms with van der Waals surface area (Å²) in [5.74, 6) is -1.15. The minimum atomic E-state index is -2.29. The number of phenols is 1. The van der Waals surface area contributed by atoms with Gasteiger partial charge in [0.15, 0.2) is 11.4 Å². The molecule has 1 spiro atoms. The molecule has 2 atom stereocenters. The first-order valence-electron chi connectivity index (χ1n) is 9.04. The van der Waals surface area contributed by atoms with Crippen LogP contribution in [0.4, 0.5) is 0 Å². The van der Waals surface area contributed by atoms with Gasteiger partial charge in [-0.25, -0.2) is 4.79 Å². The van der Waals surface area contributed by atoms with Crippen molar-refractivity contribution in [2.24, 2.45) is 5.50 Å². The highest BCUT2D eigenvalue weighted by atomic mass is 35.5. The normalized spacial score (nSPS) is 18.6. The Morgan fingerprint density at radius 2 is 1.62 bits per heavy atom. The molecule has 0 bridgehead atoms. The second kappa shape index (κ2) is 8.34. The summed E-state index contributed by atoms with van der Waals surface area (Å²) in [6.07, 6.45) is 0. The van der Waals surface area contributed by atoms with Crippen molar-refractivity contribution in [2.75, 3.05) is 0 Å². The molecule has 0 saturated heterocycles. The van der Waals surface area contributed by atoms with Crippen molar-refractivity contribution in [2.45, 2.75) is 5.60 Å². The summed E-state index contributed by atoms with van der Waals surface area (Å²) in [5.41, 5.74) is 3.78. The van der Waals surface area contributed by atoms with Gasteiger partial charge < -0.3 is 24.0 Å². The van der Waals surface area contributed by atoms with E-state index in [9.17, 15) is 14.8 Å². The van der Waals surface area contributed by atoms with E-state index >= 15 is 0 Å². The van der Waals surface area contributed by atoms with Crippen LogP contribution in [0.15, 0.2) is 24.3 Å². The number of esters is 1. The SMILES string of the molecule is NP(O)Oc1cc(Cl)c2c(c1)Oc1c(ccc(O)c1Cl)C21OC(=O)c2c(Cl)c(Cl)c(Cl)c(Cl)c21. The van der Waals surface area contributed by atoms with E-state index in [4.69, 9.17) is 89.1 Å². The fourth-order valence-electron chi connectivity index (χ4n) is 4.07. The zero-order valence-electron chi connectivity index (χ0n) is 16.1. The maximum Gasteiger partial charge on any atom is 0.341 e.